The van der Waals surface area contributed by atoms with Crippen molar-refractivity contribution in [2.24, 2.45) is 0 Å². The van der Waals surface area contributed by atoms with Gasteiger partial charge >= 0.3 is 7.60 Å². The van der Waals surface area contributed by atoms with Crippen molar-refractivity contribution >= 4 is 16.2 Å². The van der Waals surface area contributed by atoms with Crippen molar-refractivity contribution in [1.82, 2.24) is 0 Å². The minimum Gasteiger partial charge on any atom is -0.324 e. The molecule has 0 fully saturated rings. The van der Waals surface area contributed by atoms with Crippen LogP contribution in [-0.4, -0.2) is 28.8 Å². The molecule has 0 heterocycles. The van der Waals surface area contributed by atoms with Crippen LogP contribution in [0.1, 0.15) is 6.42 Å². The van der Waals surface area contributed by atoms with Crippen LogP contribution in [0.15, 0.2) is 0 Å². The van der Waals surface area contributed by atoms with Gasteiger partial charge in [-0.25, -0.2) is 0 Å². The van der Waals surface area contributed by atoms with Gasteiger partial charge < -0.3 is 9.79 Å². The maximum Gasteiger partial charge on any atom is 0.325 e. The smallest absolute Gasteiger partial charge is 0.324 e. The van der Waals surface area contributed by atoms with E-state index >= 15 is 0 Å². The van der Waals surface area contributed by atoms with Crippen LogP contribution in [-0.2, 0) is 4.57 Å². The second kappa shape index (κ2) is 4.40. The van der Waals surface area contributed by atoms with Crippen LogP contribution in [0.25, 0.3) is 0 Å². The van der Waals surface area contributed by atoms with Crippen LogP contribution in [0.2, 0.25) is 0 Å². The molecular formula is C4H12O3P2. The van der Waals surface area contributed by atoms with E-state index < -0.39 is 7.60 Å². The van der Waals surface area contributed by atoms with Crippen LogP contribution >= 0.6 is 16.2 Å². The van der Waals surface area contributed by atoms with Gasteiger partial charge in [-0.2, -0.15) is 0 Å². The molecule has 3 nitrogen and oxygen atoms in total. The second-order valence-electron chi connectivity index (χ2n) is 1.85. The van der Waals surface area contributed by atoms with Crippen molar-refractivity contribution in [3.63, 3.8) is 0 Å². The number of hydrogen-bond donors (Lipinski definition) is 2. The zero-order valence-electron chi connectivity index (χ0n) is 5.37. The first-order valence-electron chi connectivity index (χ1n) is 2.75. The Balaban J connectivity index is 3.18. The average molecular weight is 170 g/mol. The summed E-state index contributed by atoms with van der Waals surface area (Å²) < 4.78 is 10.2. The van der Waals surface area contributed by atoms with Crippen LogP contribution in [0.3, 0.4) is 0 Å². The van der Waals surface area contributed by atoms with Gasteiger partial charge in [0, 0.05) is 0 Å². The number of rotatable bonds is 4. The highest BCUT2D eigenvalue weighted by atomic mass is 31.2. The fourth-order valence-corrected chi connectivity index (χ4v) is 1.86. The maximum absolute atomic E-state index is 10.2. The molecule has 5 heteroatoms. The lowest BCUT2D eigenvalue weighted by Crippen LogP contribution is -1.88. The molecule has 0 aliphatic carbocycles. The summed E-state index contributed by atoms with van der Waals surface area (Å²) in [5.41, 5.74) is 0. The fourth-order valence-electron chi connectivity index (χ4n) is 0.462. The van der Waals surface area contributed by atoms with Crippen LogP contribution in [0, 0.1) is 0 Å². The minimum atomic E-state index is -3.69. The predicted octanol–water partition coefficient (Wildman–Crippen LogP) is 0.862. The molecule has 0 amide bonds. The lowest BCUT2D eigenvalue weighted by molar-refractivity contribution is 0.372. The molecule has 0 aliphatic rings. The van der Waals surface area contributed by atoms with E-state index in [1.807, 2.05) is 6.66 Å². The molecule has 56 valence electrons. The number of hydrogen-bond acceptors (Lipinski definition) is 1. The molecule has 2 N–H and O–H groups in total. The first-order valence-corrected chi connectivity index (χ1v) is 6.26. The summed E-state index contributed by atoms with van der Waals surface area (Å²) in [6.07, 6.45) is 1.64. The Kier molecular flexibility index (Phi) is 4.69. The molecular weight excluding hydrogens is 158 g/mol. The van der Waals surface area contributed by atoms with Crippen LogP contribution in [0.5, 0.6) is 0 Å². The first kappa shape index (κ1) is 9.58. The molecule has 0 saturated carbocycles. The lowest BCUT2D eigenvalue weighted by Gasteiger charge is -2.00. The molecule has 1 atom stereocenters. The highest BCUT2D eigenvalue weighted by Gasteiger charge is 2.10. The molecule has 9 heavy (non-hydrogen) atoms. The summed E-state index contributed by atoms with van der Waals surface area (Å²) >= 11 is 0. The van der Waals surface area contributed by atoms with Gasteiger partial charge in [0.1, 0.15) is 0 Å². The summed E-state index contributed by atoms with van der Waals surface area (Å²) in [6.45, 7) is 2.03. The average Bonchev–Trinajstić information content (AvgIpc) is 1.63. The molecule has 0 bridgehead atoms. The standard InChI is InChI=1S/C4H12O3P2/c1-8-3-2-4-9(5,6)7/h8H,2-4H2,1H3,(H2,5,6,7). The van der Waals surface area contributed by atoms with E-state index in [-0.39, 0.29) is 6.16 Å². The van der Waals surface area contributed by atoms with Gasteiger partial charge in [-0.1, -0.05) is 0 Å². The van der Waals surface area contributed by atoms with Gasteiger partial charge in [0.15, 0.2) is 0 Å². The Morgan fingerprint density at radius 2 is 2.11 bits per heavy atom. The molecule has 0 saturated heterocycles. The van der Waals surface area contributed by atoms with Gasteiger partial charge in [0.05, 0.1) is 6.16 Å². The molecule has 0 aliphatic heterocycles. The monoisotopic (exact) mass is 170 g/mol. The van der Waals surface area contributed by atoms with E-state index in [4.69, 9.17) is 9.79 Å². The quantitative estimate of drug-likeness (QED) is 0.486. The molecule has 0 aromatic carbocycles. The SMILES string of the molecule is CPCCCP(=O)(O)O. The second-order valence-corrected chi connectivity index (χ2v) is 4.83. The van der Waals surface area contributed by atoms with Crippen molar-refractivity contribution in [3.8, 4) is 0 Å². The predicted molar refractivity (Wildman–Crippen MR) is 40.6 cm³/mol. The maximum atomic E-state index is 10.2. The zero-order chi connectivity index (χ0) is 7.33. The van der Waals surface area contributed by atoms with Crippen molar-refractivity contribution < 1.29 is 14.4 Å². The molecule has 1 unspecified atom stereocenters. The Bertz CT molecular complexity index is 108. The van der Waals surface area contributed by atoms with Crippen LogP contribution in [0.4, 0.5) is 0 Å². The van der Waals surface area contributed by atoms with Gasteiger partial charge in [-0.3, -0.25) is 4.57 Å². The highest BCUT2D eigenvalue weighted by Crippen LogP contribution is 2.35. The topological polar surface area (TPSA) is 57.5 Å². The van der Waals surface area contributed by atoms with E-state index in [2.05, 4.69) is 0 Å². The van der Waals surface area contributed by atoms with Crippen molar-refractivity contribution in [2.75, 3.05) is 19.0 Å². The van der Waals surface area contributed by atoms with E-state index in [9.17, 15) is 4.57 Å². The third-order valence-corrected chi connectivity index (χ3v) is 2.63. The van der Waals surface area contributed by atoms with Gasteiger partial charge in [0.25, 0.3) is 0 Å². The minimum absolute atomic E-state index is 0.0494. The Labute approximate surface area is 56.8 Å². The normalized spacial score (nSPS) is 13.2. The van der Waals surface area contributed by atoms with Crippen molar-refractivity contribution in [3.05, 3.63) is 0 Å². The third-order valence-electron chi connectivity index (χ3n) is 0.876. The fraction of sp³-hybridized carbons (Fsp3) is 1.00. The largest absolute Gasteiger partial charge is 0.325 e. The molecule has 0 aromatic rings. The molecule has 0 spiro atoms. The van der Waals surface area contributed by atoms with Gasteiger partial charge in [-0.15, -0.1) is 8.58 Å². The lowest BCUT2D eigenvalue weighted by atomic mass is 10.6. The van der Waals surface area contributed by atoms with Gasteiger partial charge in [0.2, 0.25) is 0 Å². The van der Waals surface area contributed by atoms with Gasteiger partial charge in [-0.05, 0) is 19.2 Å². The third kappa shape index (κ3) is 8.58. The Morgan fingerprint density at radius 3 is 2.44 bits per heavy atom. The summed E-state index contributed by atoms with van der Waals surface area (Å²) in [5.74, 6) is 0. The van der Waals surface area contributed by atoms with E-state index in [1.165, 1.54) is 0 Å². The van der Waals surface area contributed by atoms with Crippen LogP contribution < -0.4 is 0 Å². The molecule has 0 radical (unpaired) electrons. The zero-order valence-corrected chi connectivity index (χ0v) is 7.27. The van der Waals surface area contributed by atoms with E-state index in [0.717, 1.165) is 14.7 Å². The van der Waals surface area contributed by atoms with Crippen molar-refractivity contribution in [1.29, 1.82) is 0 Å². The first-order chi connectivity index (χ1) is 4.06. The Morgan fingerprint density at radius 1 is 1.56 bits per heavy atom. The van der Waals surface area contributed by atoms with Crippen molar-refractivity contribution in [2.45, 2.75) is 6.42 Å². The highest BCUT2D eigenvalue weighted by molar-refractivity contribution is 7.51. The molecule has 0 rings (SSSR count). The summed E-state index contributed by atoms with van der Waals surface area (Å²) in [7, 11) is -2.89. The van der Waals surface area contributed by atoms with E-state index in [1.54, 1.807) is 0 Å². The summed E-state index contributed by atoms with van der Waals surface area (Å²) in [6, 6.07) is 0. The summed E-state index contributed by atoms with van der Waals surface area (Å²) in [4.78, 5) is 16.7. The summed E-state index contributed by atoms with van der Waals surface area (Å²) in [5, 5.41) is 0. The molecule has 0 aromatic heterocycles. The van der Waals surface area contributed by atoms with E-state index in [0.29, 0.717) is 6.42 Å². The Hall–Kier alpha value is 0.580.